The normalized spacial score (nSPS) is 19.6. The average molecular weight is 265 g/mol. The van der Waals surface area contributed by atoms with Gasteiger partial charge < -0.3 is 0 Å². The van der Waals surface area contributed by atoms with Gasteiger partial charge in [-0.3, -0.25) is 4.90 Å². The maximum absolute atomic E-state index is 2.63. The Morgan fingerprint density at radius 2 is 1.45 bits per heavy atom. The molecular weight excluding hydrogens is 242 g/mol. The van der Waals surface area contributed by atoms with Crippen LogP contribution in [0, 0.1) is 0 Å². The Morgan fingerprint density at radius 3 is 2.10 bits per heavy atom. The number of hydrogen-bond acceptors (Lipinski definition) is 1. The summed E-state index contributed by atoms with van der Waals surface area (Å²) in [5.74, 6) is 0. The van der Waals surface area contributed by atoms with Crippen molar-refractivity contribution in [3.8, 4) is 0 Å². The highest BCUT2D eigenvalue weighted by Crippen LogP contribution is 2.37. The molecule has 2 aromatic carbocycles. The molecule has 1 nitrogen and oxygen atoms in total. The molecule has 1 atom stereocenters. The number of rotatable bonds is 1. The fourth-order valence-electron chi connectivity index (χ4n) is 3.20. The molecule has 0 aliphatic carbocycles. The van der Waals surface area contributed by atoms with E-state index >= 15 is 0 Å². The van der Waals surface area contributed by atoms with Crippen LogP contribution in [0.5, 0.6) is 0 Å². The second-order valence-corrected chi connectivity index (χ2v) is 6.70. The number of hydrogen-bond donors (Lipinski definition) is 0. The van der Waals surface area contributed by atoms with Gasteiger partial charge in [-0.25, -0.2) is 0 Å². The number of fused-ring (bicyclic) bond motifs is 1. The quantitative estimate of drug-likeness (QED) is 0.729. The Balaban J connectivity index is 2.03. The molecular formula is C19H23N. The second-order valence-electron chi connectivity index (χ2n) is 6.70. The first-order valence-electron chi connectivity index (χ1n) is 7.44. The van der Waals surface area contributed by atoms with Crippen molar-refractivity contribution >= 4 is 0 Å². The molecule has 1 heteroatoms. The van der Waals surface area contributed by atoms with E-state index < -0.39 is 0 Å². The van der Waals surface area contributed by atoms with Crippen LogP contribution in [0.4, 0.5) is 0 Å². The van der Waals surface area contributed by atoms with E-state index in [2.05, 4.69) is 80.3 Å². The molecule has 0 bridgehead atoms. The summed E-state index contributed by atoms with van der Waals surface area (Å²) in [6.07, 6.45) is 1.11. The maximum Gasteiger partial charge on any atom is 0.0397 e. The first-order valence-corrected chi connectivity index (χ1v) is 7.44. The standard InChI is InChI=1S/C19H23N/c1-19(2,3)20-14-17-12-8-7-11-16(17)13-18(20)15-9-5-4-6-10-15/h4-12,18H,13-14H2,1-3H3. The lowest BCUT2D eigenvalue weighted by Gasteiger charge is -2.45. The van der Waals surface area contributed by atoms with E-state index in [4.69, 9.17) is 0 Å². The van der Waals surface area contributed by atoms with Crippen molar-refractivity contribution in [1.82, 2.24) is 4.90 Å². The Morgan fingerprint density at radius 1 is 0.850 bits per heavy atom. The Kier molecular flexibility index (Phi) is 3.39. The SMILES string of the molecule is CC(C)(C)N1Cc2ccccc2CC1c1ccccc1. The highest BCUT2D eigenvalue weighted by molar-refractivity contribution is 5.33. The van der Waals surface area contributed by atoms with Gasteiger partial charge in [-0.1, -0.05) is 54.6 Å². The average Bonchev–Trinajstić information content (AvgIpc) is 2.46. The lowest BCUT2D eigenvalue weighted by Crippen LogP contribution is -2.46. The van der Waals surface area contributed by atoms with Crippen LogP contribution in [-0.4, -0.2) is 10.4 Å². The van der Waals surface area contributed by atoms with Crippen molar-refractivity contribution in [2.45, 2.75) is 45.3 Å². The van der Waals surface area contributed by atoms with E-state index in [1.165, 1.54) is 16.7 Å². The van der Waals surface area contributed by atoms with E-state index in [0.29, 0.717) is 6.04 Å². The lowest BCUT2D eigenvalue weighted by atomic mass is 9.86. The van der Waals surface area contributed by atoms with Crippen molar-refractivity contribution in [3.63, 3.8) is 0 Å². The van der Waals surface area contributed by atoms with Crippen LogP contribution >= 0.6 is 0 Å². The highest BCUT2D eigenvalue weighted by atomic mass is 15.2. The van der Waals surface area contributed by atoms with Gasteiger partial charge in [0.15, 0.2) is 0 Å². The van der Waals surface area contributed by atoms with Crippen molar-refractivity contribution < 1.29 is 0 Å². The zero-order valence-electron chi connectivity index (χ0n) is 12.6. The van der Waals surface area contributed by atoms with Crippen LogP contribution in [0.1, 0.15) is 43.5 Å². The van der Waals surface area contributed by atoms with Crippen LogP contribution in [0.2, 0.25) is 0 Å². The van der Waals surface area contributed by atoms with E-state index in [0.717, 1.165) is 13.0 Å². The van der Waals surface area contributed by atoms with Gasteiger partial charge in [0.25, 0.3) is 0 Å². The minimum absolute atomic E-state index is 0.175. The van der Waals surface area contributed by atoms with Gasteiger partial charge in [0.1, 0.15) is 0 Å². The number of nitrogens with zero attached hydrogens (tertiary/aromatic N) is 1. The molecule has 0 saturated carbocycles. The molecule has 0 spiro atoms. The molecule has 1 aliphatic rings. The van der Waals surface area contributed by atoms with Crippen molar-refractivity contribution in [1.29, 1.82) is 0 Å². The predicted molar refractivity (Wildman–Crippen MR) is 84.6 cm³/mol. The van der Waals surface area contributed by atoms with Crippen LogP contribution in [-0.2, 0) is 13.0 Å². The number of benzene rings is 2. The van der Waals surface area contributed by atoms with E-state index in [1.54, 1.807) is 0 Å². The third-order valence-electron chi connectivity index (χ3n) is 4.29. The third-order valence-corrected chi connectivity index (χ3v) is 4.29. The fraction of sp³-hybridized carbons (Fsp3) is 0.368. The van der Waals surface area contributed by atoms with Crippen LogP contribution in [0.25, 0.3) is 0 Å². The summed E-state index contributed by atoms with van der Waals surface area (Å²) < 4.78 is 0. The van der Waals surface area contributed by atoms with E-state index in [9.17, 15) is 0 Å². The maximum atomic E-state index is 2.63. The lowest BCUT2D eigenvalue weighted by molar-refractivity contribution is 0.0622. The minimum Gasteiger partial charge on any atom is -0.287 e. The van der Waals surface area contributed by atoms with Gasteiger partial charge in [0.2, 0.25) is 0 Å². The van der Waals surface area contributed by atoms with E-state index in [-0.39, 0.29) is 5.54 Å². The second kappa shape index (κ2) is 5.06. The predicted octanol–water partition coefficient (Wildman–Crippen LogP) is 4.58. The smallest absolute Gasteiger partial charge is 0.0397 e. The molecule has 0 aromatic heterocycles. The Hall–Kier alpha value is -1.60. The Bertz CT molecular complexity index is 580. The monoisotopic (exact) mass is 265 g/mol. The topological polar surface area (TPSA) is 3.24 Å². The fourth-order valence-corrected chi connectivity index (χ4v) is 3.20. The zero-order valence-corrected chi connectivity index (χ0v) is 12.6. The molecule has 1 heterocycles. The van der Waals surface area contributed by atoms with Gasteiger partial charge >= 0.3 is 0 Å². The molecule has 20 heavy (non-hydrogen) atoms. The largest absolute Gasteiger partial charge is 0.287 e. The first kappa shape index (κ1) is 13.4. The van der Waals surface area contributed by atoms with Gasteiger partial charge in [-0.15, -0.1) is 0 Å². The minimum atomic E-state index is 0.175. The molecule has 3 rings (SSSR count). The summed E-state index contributed by atoms with van der Waals surface area (Å²) in [7, 11) is 0. The van der Waals surface area contributed by atoms with Crippen molar-refractivity contribution in [2.75, 3.05) is 0 Å². The first-order chi connectivity index (χ1) is 9.55. The highest BCUT2D eigenvalue weighted by Gasteiger charge is 2.33. The van der Waals surface area contributed by atoms with Crippen molar-refractivity contribution in [2.24, 2.45) is 0 Å². The van der Waals surface area contributed by atoms with Gasteiger partial charge in [-0.2, -0.15) is 0 Å². The summed E-state index contributed by atoms with van der Waals surface area (Å²) in [6.45, 7) is 7.99. The molecule has 0 amide bonds. The molecule has 1 unspecified atom stereocenters. The van der Waals surface area contributed by atoms with Gasteiger partial charge in [-0.05, 0) is 43.9 Å². The van der Waals surface area contributed by atoms with Gasteiger partial charge in [0.05, 0.1) is 0 Å². The summed E-state index contributed by atoms with van der Waals surface area (Å²) in [6, 6.07) is 20.3. The zero-order chi connectivity index (χ0) is 14.2. The molecule has 0 radical (unpaired) electrons. The molecule has 0 fully saturated rings. The Labute approximate surface area is 122 Å². The molecule has 1 aliphatic heterocycles. The van der Waals surface area contributed by atoms with Crippen molar-refractivity contribution in [3.05, 3.63) is 71.3 Å². The molecule has 0 saturated heterocycles. The molecule has 2 aromatic rings. The summed E-state index contributed by atoms with van der Waals surface area (Å²) in [5, 5.41) is 0. The molecule has 104 valence electrons. The third kappa shape index (κ3) is 2.51. The van der Waals surface area contributed by atoms with Gasteiger partial charge in [0, 0.05) is 18.1 Å². The summed E-state index contributed by atoms with van der Waals surface area (Å²) >= 11 is 0. The summed E-state index contributed by atoms with van der Waals surface area (Å²) in [4.78, 5) is 2.63. The van der Waals surface area contributed by atoms with E-state index in [1.807, 2.05) is 0 Å². The molecule has 0 N–H and O–H groups in total. The summed E-state index contributed by atoms with van der Waals surface area (Å²) in [5.41, 5.74) is 4.59. The van der Waals surface area contributed by atoms with Crippen LogP contribution < -0.4 is 0 Å². The van der Waals surface area contributed by atoms with Crippen LogP contribution in [0.15, 0.2) is 54.6 Å². The van der Waals surface area contributed by atoms with Crippen LogP contribution in [0.3, 0.4) is 0 Å².